The van der Waals surface area contributed by atoms with Crippen molar-refractivity contribution in [3.63, 3.8) is 0 Å². The summed E-state index contributed by atoms with van der Waals surface area (Å²) in [6.07, 6.45) is 5.37. The lowest BCUT2D eigenvalue weighted by Gasteiger charge is -2.18. The molecule has 0 fully saturated rings. The Morgan fingerprint density at radius 2 is 2.28 bits per heavy atom. The van der Waals surface area contributed by atoms with E-state index in [1.54, 1.807) is 0 Å². The van der Waals surface area contributed by atoms with Gasteiger partial charge in [-0.1, -0.05) is 19.8 Å². The second-order valence-electron chi connectivity index (χ2n) is 4.75. The van der Waals surface area contributed by atoms with E-state index in [1.807, 2.05) is 18.2 Å². The van der Waals surface area contributed by atoms with E-state index in [-0.39, 0.29) is 5.97 Å². The highest BCUT2D eigenvalue weighted by Crippen LogP contribution is 2.23. The fraction of sp³-hybridized carbons (Fsp3) is 0.533. The lowest BCUT2D eigenvalue weighted by Crippen LogP contribution is -2.13. The maximum Gasteiger partial charge on any atom is 0.338 e. The minimum Gasteiger partial charge on any atom is -0.462 e. The second-order valence-corrected chi connectivity index (χ2v) is 4.75. The van der Waals surface area contributed by atoms with Crippen molar-refractivity contribution in [1.29, 1.82) is 0 Å². The maximum atomic E-state index is 11.9. The summed E-state index contributed by atoms with van der Waals surface area (Å²) < 4.78 is 5.26. The molecule has 18 heavy (non-hydrogen) atoms. The molecule has 1 aliphatic heterocycles. The predicted octanol–water partition coefficient (Wildman–Crippen LogP) is 3.39. The zero-order valence-electron chi connectivity index (χ0n) is 11.0. The van der Waals surface area contributed by atoms with Gasteiger partial charge in [0.25, 0.3) is 0 Å². The molecule has 3 heteroatoms. The molecule has 0 radical (unpaired) electrons. The van der Waals surface area contributed by atoms with Crippen molar-refractivity contribution in [3.05, 3.63) is 29.3 Å². The second kappa shape index (κ2) is 6.43. The zero-order valence-corrected chi connectivity index (χ0v) is 11.0. The van der Waals surface area contributed by atoms with Gasteiger partial charge >= 0.3 is 5.97 Å². The first-order chi connectivity index (χ1) is 8.81. The van der Waals surface area contributed by atoms with Gasteiger partial charge in [-0.2, -0.15) is 0 Å². The Kier molecular flexibility index (Phi) is 4.62. The fourth-order valence-corrected chi connectivity index (χ4v) is 2.20. The van der Waals surface area contributed by atoms with Gasteiger partial charge in [0.2, 0.25) is 0 Å². The summed E-state index contributed by atoms with van der Waals surface area (Å²) >= 11 is 0. The molecule has 3 nitrogen and oxygen atoms in total. The number of carbonyl (C=O) groups is 1. The van der Waals surface area contributed by atoms with Crippen molar-refractivity contribution in [2.45, 2.75) is 39.0 Å². The average molecular weight is 247 g/mol. The molecule has 0 saturated heterocycles. The number of hydrogen-bond acceptors (Lipinski definition) is 3. The predicted molar refractivity (Wildman–Crippen MR) is 73.1 cm³/mol. The number of rotatable bonds is 5. The van der Waals surface area contributed by atoms with Crippen LogP contribution in [0.5, 0.6) is 0 Å². The molecule has 0 amide bonds. The zero-order chi connectivity index (χ0) is 12.8. The van der Waals surface area contributed by atoms with E-state index in [0.717, 1.165) is 44.3 Å². The Morgan fingerprint density at radius 1 is 1.39 bits per heavy atom. The Balaban J connectivity index is 1.94. The summed E-state index contributed by atoms with van der Waals surface area (Å²) in [7, 11) is 0. The molecule has 1 aromatic rings. The first-order valence-corrected chi connectivity index (χ1v) is 6.85. The molecule has 98 valence electrons. The van der Waals surface area contributed by atoms with E-state index in [9.17, 15) is 4.79 Å². The molecule has 1 N–H and O–H groups in total. The molecule has 1 heterocycles. The van der Waals surface area contributed by atoms with Crippen molar-refractivity contribution in [3.8, 4) is 0 Å². The molecule has 0 atom stereocenters. The topological polar surface area (TPSA) is 38.3 Å². The van der Waals surface area contributed by atoms with E-state index in [0.29, 0.717) is 12.2 Å². The third-order valence-electron chi connectivity index (χ3n) is 3.26. The highest BCUT2D eigenvalue weighted by atomic mass is 16.5. The first kappa shape index (κ1) is 12.9. The summed E-state index contributed by atoms with van der Waals surface area (Å²) in [4.78, 5) is 11.9. The van der Waals surface area contributed by atoms with Crippen LogP contribution < -0.4 is 5.32 Å². The molecule has 0 bridgehead atoms. The van der Waals surface area contributed by atoms with E-state index in [2.05, 4.69) is 12.2 Å². The molecule has 1 aliphatic rings. The molecule has 0 aromatic heterocycles. The Morgan fingerprint density at radius 3 is 3.11 bits per heavy atom. The molecular formula is C15H21NO2. The van der Waals surface area contributed by atoms with E-state index in [4.69, 9.17) is 4.74 Å². The molecule has 2 rings (SSSR count). The standard InChI is InChI=1S/C15H21NO2/c1-2-3-4-10-18-15(17)13-7-8-14-12(11-13)6-5-9-16-14/h7-8,11,16H,2-6,9-10H2,1H3. The summed E-state index contributed by atoms with van der Waals surface area (Å²) in [6, 6.07) is 5.79. The van der Waals surface area contributed by atoms with Crippen LogP contribution in [0, 0.1) is 0 Å². The maximum absolute atomic E-state index is 11.9. The van der Waals surface area contributed by atoms with Gasteiger partial charge in [0.1, 0.15) is 0 Å². The molecule has 0 aliphatic carbocycles. The van der Waals surface area contributed by atoms with E-state index in [1.165, 1.54) is 5.56 Å². The number of fused-ring (bicyclic) bond motifs is 1. The van der Waals surface area contributed by atoms with E-state index < -0.39 is 0 Å². The number of hydrogen-bond donors (Lipinski definition) is 1. The van der Waals surface area contributed by atoms with Crippen molar-refractivity contribution < 1.29 is 9.53 Å². The molecular weight excluding hydrogens is 226 g/mol. The number of esters is 1. The fourth-order valence-electron chi connectivity index (χ4n) is 2.20. The molecule has 1 aromatic carbocycles. The van der Waals surface area contributed by atoms with Gasteiger partial charge in [-0.05, 0) is 43.0 Å². The largest absolute Gasteiger partial charge is 0.462 e. The quantitative estimate of drug-likeness (QED) is 0.640. The van der Waals surface area contributed by atoms with Gasteiger partial charge in [-0.15, -0.1) is 0 Å². The van der Waals surface area contributed by atoms with Crippen LogP contribution in [0.2, 0.25) is 0 Å². The van der Waals surface area contributed by atoms with Gasteiger partial charge in [-0.25, -0.2) is 4.79 Å². The summed E-state index contributed by atoms with van der Waals surface area (Å²) in [5.74, 6) is -0.195. The Hall–Kier alpha value is -1.51. The van der Waals surface area contributed by atoms with E-state index >= 15 is 0 Å². The highest BCUT2D eigenvalue weighted by molar-refractivity contribution is 5.90. The van der Waals surface area contributed by atoms with Crippen LogP contribution in [0.1, 0.15) is 48.5 Å². The minimum atomic E-state index is -0.195. The molecule has 0 spiro atoms. The van der Waals surface area contributed by atoms with Crippen LogP contribution in [0.3, 0.4) is 0 Å². The summed E-state index contributed by atoms with van der Waals surface area (Å²) in [6.45, 7) is 3.69. The number of benzene rings is 1. The number of nitrogens with one attached hydrogen (secondary N) is 1. The van der Waals surface area contributed by atoms with Crippen LogP contribution in [-0.4, -0.2) is 19.1 Å². The number of unbranched alkanes of at least 4 members (excludes halogenated alkanes) is 2. The lowest BCUT2D eigenvalue weighted by atomic mass is 10.0. The minimum absolute atomic E-state index is 0.195. The van der Waals surface area contributed by atoms with Crippen molar-refractivity contribution in [1.82, 2.24) is 0 Å². The summed E-state index contributed by atoms with van der Waals surface area (Å²) in [5, 5.41) is 3.34. The van der Waals surface area contributed by atoms with Gasteiger partial charge in [0, 0.05) is 12.2 Å². The van der Waals surface area contributed by atoms with Crippen LogP contribution in [-0.2, 0) is 11.2 Å². The van der Waals surface area contributed by atoms with Crippen LogP contribution in [0.25, 0.3) is 0 Å². The Bertz CT molecular complexity index is 415. The number of carbonyl (C=O) groups excluding carboxylic acids is 1. The molecule has 0 saturated carbocycles. The van der Waals surface area contributed by atoms with Gasteiger partial charge in [0.05, 0.1) is 12.2 Å². The number of aryl methyl sites for hydroxylation is 1. The first-order valence-electron chi connectivity index (χ1n) is 6.85. The monoisotopic (exact) mass is 247 g/mol. The smallest absolute Gasteiger partial charge is 0.338 e. The van der Waals surface area contributed by atoms with Crippen molar-refractivity contribution >= 4 is 11.7 Å². The number of ether oxygens (including phenoxy) is 1. The van der Waals surface area contributed by atoms with Crippen LogP contribution in [0.4, 0.5) is 5.69 Å². The highest BCUT2D eigenvalue weighted by Gasteiger charge is 2.13. The van der Waals surface area contributed by atoms with Gasteiger partial charge in [-0.3, -0.25) is 0 Å². The third kappa shape index (κ3) is 3.25. The number of anilines is 1. The van der Waals surface area contributed by atoms with Crippen LogP contribution >= 0.6 is 0 Å². The average Bonchev–Trinajstić information content (AvgIpc) is 2.43. The summed E-state index contributed by atoms with van der Waals surface area (Å²) in [5.41, 5.74) is 3.06. The van der Waals surface area contributed by atoms with Crippen molar-refractivity contribution in [2.24, 2.45) is 0 Å². The van der Waals surface area contributed by atoms with Crippen LogP contribution in [0.15, 0.2) is 18.2 Å². The normalized spacial score (nSPS) is 13.6. The third-order valence-corrected chi connectivity index (χ3v) is 3.26. The SMILES string of the molecule is CCCCCOC(=O)c1ccc2c(c1)CCCN2. The lowest BCUT2D eigenvalue weighted by molar-refractivity contribution is 0.0498. The molecule has 0 unspecified atom stereocenters. The van der Waals surface area contributed by atoms with Crippen molar-refractivity contribution in [2.75, 3.05) is 18.5 Å². The Labute approximate surface area is 109 Å². The van der Waals surface area contributed by atoms with Gasteiger partial charge in [0.15, 0.2) is 0 Å². The van der Waals surface area contributed by atoms with Gasteiger partial charge < -0.3 is 10.1 Å².